The van der Waals surface area contributed by atoms with Crippen LogP contribution in [-0.4, -0.2) is 52.6 Å². The van der Waals surface area contributed by atoms with Gasteiger partial charge in [0.05, 0.1) is 16.6 Å². The van der Waals surface area contributed by atoms with Crippen LogP contribution in [0.4, 0.5) is 5.69 Å². The Labute approximate surface area is 158 Å². The monoisotopic (exact) mass is 357 g/mol. The van der Waals surface area contributed by atoms with Gasteiger partial charge in [0.1, 0.15) is 5.82 Å². The quantitative estimate of drug-likeness (QED) is 0.604. The number of nitrogens with zero attached hydrogens (tertiary/aromatic N) is 4. The predicted octanol–water partition coefficient (Wildman–Crippen LogP) is 3.92. The lowest BCUT2D eigenvalue weighted by Crippen LogP contribution is -2.46. The first kappa shape index (κ1) is 16.3. The van der Waals surface area contributed by atoms with Gasteiger partial charge in [-0.15, -0.1) is 0 Å². The lowest BCUT2D eigenvalue weighted by atomic mass is 10.1. The van der Waals surface area contributed by atoms with Crippen LogP contribution in [0.15, 0.2) is 54.7 Å². The summed E-state index contributed by atoms with van der Waals surface area (Å²) in [6, 6.07) is 16.8. The summed E-state index contributed by atoms with van der Waals surface area (Å²) in [5, 5.41) is 1.13. The predicted molar refractivity (Wildman–Crippen MR) is 111 cm³/mol. The number of piperazine rings is 1. The first-order valence-electron chi connectivity index (χ1n) is 9.62. The number of rotatable bonds is 3. The molecule has 136 valence electrons. The molecule has 2 aromatic carbocycles. The third-order valence-electron chi connectivity index (χ3n) is 5.52. The molecule has 0 saturated carbocycles. The molecule has 1 fully saturated rings. The summed E-state index contributed by atoms with van der Waals surface area (Å²) in [4.78, 5) is 17.8. The van der Waals surface area contributed by atoms with Gasteiger partial charge in [-0.25, -0.2) is 4.98 Å². The second kappa shape index (κ2) is 6.67. The van der Waals surface area contributed by atoms with Crippen LogP contribution in [0.2, 0.25) is 0 Å². The van der Waals surface area contributed by atoms with Crippen molar-refractivity contribution in [1.29, 1.82) is 0 Å². The van der Waals surface area contributed by atoms with E-state index in [-0.39, 0.29) is 0 Å². The van der Waals surface area contributed by atoms with Gasteiger partial charge >= 0.3 is 0 Å². The molecule has 0 amide bonds. The fourth-order valence-corrected chi connectivity index (χ4v) is 3.85. The van der Waals surface area contributed by atoms with Crippen LogP contribution in [0.5, 0.6) is 0 Å². The topological polar surface area (TPSA) is 48.0 Å². The maximum Gasteiger partial charge on any atom is 0.140 e. The van der Waals surface area contributed by atoms with E-state index < -0.39 is 0 Å². The van der Waals surface area contributed by atoms with Gasteiger partial charge in [-0.3, -0.25) is 4.98 Å². The summed E-state index contributed by atoms with van der Waals surface area (Å²) in [5.74, 6) is 0.871. The number of fused-ring (bicyclic) bond motifs is 2. The molecule has 27 heavy (non-hydrogen) atoms. The summed E-state index contributed by atoms with van der Waals surface area (Å²) in [5.41, 5.74) is 5.35. The molecule has 1 aliphatic heterocycles. The highest BCUT2D eigenvalue weighted by atomic mass is 15.3. The number of H-pyrrole nitrogens is 1. The molecule has 1 saturated heterocycles. The SMILES string of the molecule is CCN1CCN(c2ccc3[nH]c(-c4cnc5ccccc5c4)nc3c2)CC1. The summed E-state index contributed by atoms with van der Waals surface area (Å²) < 4.78 is 0. The van der Waals surface area contributed by atoms with Gasteiger partial charge in [-0.1, -0.05) is 25.1 Å². The average molecular weight is 357 g/mol. The molecule has 0 atom stereocenters. The Balaban J connectivity index is 1.46. The fraction of sp³-hybridized carbons (Fsp3) is 0.273. The van der Waals surface area contributed by atoms with Crippen molar-refractivity contribution in [2.75, 3.05) is 37.6 Å². The zero-order valence-electron chi connectivity index (χ0n) is 15.5. The summed E-state index contributed by atoms with van der Waals surface area (Å²) in [7, 11) is 0. The maximum atomic E-state index is 4.84. The molecule has 0 aliphatic carbocycles. The van der Waals surface area contributed by atoms with E-state index in [1.807, 2.05) is 24.4 Å². The smallest absolute Gasteiger partial charge is 0.140 e. The lowest BCUT2D eigenvalue weighted by Gasteiger charge is -2.35. The molecule has 4 aromatic rings. The number of nitrogens with one attached hydrogen (secondary N) is 1. The van der Waals surface area contributed by atoms with Crippen LogP contribution in [0.3, 0.4) is 0 Å². The number of likely N-dealkylation sites (N-methyl/N-ethyl adjacent to an activating group) is 1. The van der Waals surface area contributed by atoms with Crippen LogP contribution in [0.25, 0.3) is 33.3 Å². The van der Waals surface area contributed by atoms with Crippen molar-refractivity contribution in [2.45, 2.75) is 6.92 Å². The second-order valence-electron chi connectivity index (χ2n) is 7.12. The Morgan fingerprint density at radius 1 is 0.963 bits per heavy atom. The summed E-state index contributed by atoms with van der Waals surface area (Å²) in [6.45, 7) is 7.77. The highest BCUT2D eigenvalue weighted by molar-refractivity contribution is 5.86. The Bertz CT molecular complexity index is 1090. The van der Waals surface area contributed by atoms with Crippen molar-refractivity contribution in [3.05, 3.63) is 54.7 Å². The third-order valence-corrected chi connectivity index (χ3v) is 5.52. The highest BCUT2D eigenvalue weighted by Crippen LogP contribution is 2.26. The standard InChI is InChI=1S/C22H23N5/c1-2-26-9-11-27(12-10-26)18-7-8-20-21(14-18)25-22(24-20)17-13-16-5-3-4-6-19(16)23-15-17/h3-8,13-15H,2,9-12H2,1H3,(H,24,25). The Morgan fingerprint density at radius 2 is 1.81 bits per heavy atom. The molecule has 0 radical (unpaired) electrons. The van der Waals surface area contributed by atoms with Crippen LogP contribution in [0.1, 0.15) is 6.92 Å². The molecule has 1 aliphatic rings. The van der Waals surface area contributed by atoms with Crippen LogP contribution < -0.4 is 4.90 Å². The number of hydrogen-bond acceptors (Lipinski definition) is 4. The van der Waals surface area contributed by atoms with E-state index in [0.717, 1.165) is 66.0 Å². The minimum atomic E-state index is 0.871. The zero-order valence-corrected chi connectivity index (χ0v) is 15.5. The van der Waals surface area contributed by atoms with Gasteiger partial charge < -0.3 is 14.8 Å². The van der Waals surface area contributed by atoms with Crippen molar-refractivity contribution >= 4 is 27.6 Å². The second-order valence-corrected chi connectivity index (χ2v) is 7.12. The molecule has 5 nitrogen and oxygen atoms in total. The van der Waals surface area contributed by atoms with Gasteiger partial charge in [-0.05, 0) is 36.9 Å². The summed E-state index contributed by atoms with van der Waals surface area (Å²) >= 11 is 0. The van der Waals surface area contributed by atoms with Crippen molar-refractivity contribution in [1.82, 2.24) is 19.9 Å². The van der Waals surface area contributed by atoms with Crippen LogP contribution in [-0.2, 0) is 0 Å². The number of benzene rings is 2. The van der Waals surface area contributed by atoms with E-state index >= 15 is 0 Å². The number of imidazole rings is 1. The van der Waals surface area contributed by atoms with Crippen molar-refractivity contribution < 1.29 is 0 Å². The van der Waals surface area contributed by atoms with E-state index in [2.05, 4.69) is 57.0 Å². The summed E-state index contributed by atoms with van der Waals surface area (Å²) in [6.07, 6.45) is 1.89. The van der Waals surface area contributed by atoms with Gasteiger partial charge in [0.2, 0.25) is 0 Å². The van der Waals surface area contributed by atoms with E-state index in [4.69, 9.17) is 4.98 Å². The number of para-hydroxylation sites is 1. The van der Waals surface area contributed by atoms with Crippen molar-refractivity contribution in [3.8, 4) is 11.4 Å². The van der Waals surface area contributed by atoms with E-state index in [1.54, 1.807) is 0 Å². The molecular weight excluding hydrogens is 334 g/mol. The minimum absolute atomic E-state index is 0.871. The molecule has 5 rings (SSSR count). The lowest BCUT2D eigenvalue weighted by molar-refractivity contribution is 0.271. The van der Waals surface area contributed by atoms with Crippen LogP contribution in [0, 0.1) is 0 Å². The number of aromatic amines is 1. The number of anilines is 1. The van der Waals surface area contributed by atoms with Gasteiger partial charge in [0.15, 0.2) is 0 Å². The van der Waals surface area contributed by atoms with E-state index in [1.165, 1.54) is 5.69 Å². The maximum absolute atomic E-state index is 4.84. The molecule has 2 aromatic heterocycles. The van der Waals surface area contributed by atoms with Gasteiger partial charge in [-0.2, -0.15) is 0 Å². The van der Waals surface area contributed by atoms with Gasteiger partial charge in [0, 0.05) is 49.0 Å². The Morgan fingerprint density at radius 3 is 2.67 bits per heavy atom. The first-order valence-corrected chi connectivity index (χ1v) is 9.62. The zero-order chi connectivity index (χ0) is 18.2. The van der Waals surface area contributed by atoms with E-state index in [9.17, 15) is 0 Å². The Kier molecular flexibility index (Phi) is 4.02. The van der Waals surface area contributed by atoms with Crippen LogP contribution >= 0.6 is 0 Å². The molecular formula is C22H23N5. The third kappa shape index (κ3) is 3.04. The van der Waals surface area contributed by atoms with Gasteiger partial charge in [0.25, 0.3) is 0 Å². The van der Waals surface area contributed by atoms with E-state index in [0.29, 0.717) is 0 Å². The molecule has 0 spiro atoms. The average Bonchev–Trinajstić information content (AvgIpc) is 3.17. The molecule has 3 heterocycles. The molecule has 1 N–H and O–H groups in total. The largest absolute Gasteiger partial charge is 0.369 e. The number of hydrogen-bond donors (Lipinski definition) is 1. The van der Waals surface area contributed by atoms with Crippen molar-refractivity contribution in [3.63, 3.8) is 0 Å². The number of pyridine rings is 1. The minimum Gasteiger partial charge on any atom is -0.369 e. The molecule has 0 unspecified atom stereocenters. The first-order chi connectivity index (χ1) is 13.3. The fourth-order valence-electron chi connectivity index (χ4n) is 3.85. The number of aromatic nitrogens is 3. The molecule has 0 bridgehead atoms. The Hall–Kier alpha value is -2.92. The normalized spacial score (nSPS) is 15.7. The molecule has 5 heteroatoms. The highest BCUT2D eigenvalue weighted by Gasteiger charge is 2.16. The van der Waals surface area contributed by atoms with Crippen molar-refractivity contribution in [2.24, 2.45) is 0 Å².